The van der Waals surface area contributed by atoms with Crippen molar-refractivity contribution in [1.29, 1.82) is 0 Å². The summed E-state index contributed by atoms with van der Waals surface area (Å²) in [4.78, 5) is 16.2. The first-order valence-electron chi connectivity index (χ1n) is 9.18. The number of amides is 1. The Labute approximate surface area is 160 Å². The molecule has 1 saturated carbocycles. The molecule has 1 aromatic carbocycles. The molecule has 1 fully saturated rings. The van der Waals surface area contributed by atoms with E-state index in [2.05, 4.69) is 29.0 Å². The topological polar surface area (TPSA) is 42.0 Å². The molecule has 1 heterocycles. The van der Waals surface area contributed by atoms with E-state index >= 15 is 0 Å². The number of nitrogens with zero attached hydrogens (tertiary/aromatic N) is 1. The van der Waals surface area contributed by atoms with Gasteiger partial charge in [0.25, 0.3) is 0 Å². The van der Waals surface area contributed by atoms with E-state index in [-0.39, 0.29) is 5.91 Å². The summed E-state index contributed by atoms with van der Waals surface area (Å²) in [5.41, 5.74) is 3.68. The minimum atomic E-state index is 0.112. The van der Waals surface area contributed by atoms with Crippen LogP contribution in [0, 0.1) is 5.92 Å². The Bertz CT molecular complexity index is 742. The van der Waals surface area contributed by atoms with Gasteiger partial charge in [-0.15, -0.1) is 0 Å². The van der Waals surface area contributed by atoms with Crippen LogP contribution in [0.3, 0.4) is 0 Å². The van der Waals surface area contributed by atoms with Crippen LogP contribution in [0.25, 0.3) is 0 Å². The van der Waals surface area contributed by atoms with Crippen LogP contribution in [0.1, 0.15) is 49.1 Å². The summed E-state index contributed by atoms with van der Waals surface area (Å²) >= 11 is 6.00. The Hall–Kier alpha value is -2.13. The third kappa shape index (κ3) is 5.43. The van der Waals surface area contributed by atoms with Crippen molar-refractivity contribution in [3.63, 3.8) is 0 Å². The summed E-state index contributed by atoms with van der Waals surface area (Å²) in [5.74, 6) is 1.11. The second-order valence-electron chi connectivity index (χ2n) is 7.18. The van der Waals surface area contributed by atoms with E-state index in [1.165, 1.54) is 11.1 Å². The molecule has 1 aliphatic rings. The first-order chi connectivity index (χ1) is 12.6. The standard InChI is InChI=1S/C22H25ClN2O/c1-16-12-18(14-20(13-16)19-3-5-21(23)6-4-19)2-7-22(26)25-15-17-8-10-24-11-9-17/h3-6,8-11,18,20H,1-2,7,12-15H2,(H,25,26). The van der Waals surface area contributed by atoms with Crippen LogP contribution in [-0.4, -0.2) is 10.9 Å². The second-order valence-corrected chi connectivity index (χ2v) is 7.62. The fourth-order valence-electron chi connectivity index (χ4n) is 3.74. The lowest BCUT2D eigenvalue weighted by atomic mass is 9.74. The molecule has 0 saturated heterocycles. The number of hydrogen-bond acceptors (Lipinski definition) is 2. The van der Waals surface area contributed by atoms with Crippen LogP contribution >= 0.6 is 11.6 Å². The molecule has 0 bridgehead atoms. The van der Waals surface area contributed by atoms with Crippen LogP contribution in [0.2, 0.25) is 5.02 Å². The number of pyridine rings is 1. The Morgan fingerprint density at radius 1 is 1.15 bits per heavy atom. The zero-order chi connectivity index (χ0) is 18.4. The van der Waals surface area contributed by atoms with Gasteiger partial charge in [-0.25, -0.2) is 0 Å². The average molecular weight is 369 g/mol. The van der Waals surface area contributed by atoms with E-state index in [1.54, 1.807) is 12.4 Å². The number of nitrogens with one attached hydrogen (secondary N) is 1. The summed E-state index contributed by atoms with van der Waals surface area (Å²) in [6.07, 6.45) is 8.13. The number of rotatable bonds is 6. The van der Waals surface area contributed by atoms with E-state index in [9.17, 15) is 4.79 Å². The maximum absolute atomic E-state index is 12.2. The molecule has 26 heavy (non-hydrogen) atoms. The van der Waals surface area contributed by atoms with Crippen LogP contribution in [-0.2, 0) is 11.3 Å². The molecule has 1 N–H and O–H groups in total. The highest BCUT2D eigenvalue weighted by Gasteiger charge is 2.25. The van der Waals surface area contributed by atoms with Crippen molar-refractivity contribution < 1.29 is 4.79 Å². The molecule has 2 aromatic rings. The maximum Gasteiger partial charge on any atom is 0.220 e. The number of allylic oxidation sites excluding steroid dienone is 1. The minimum absolute atomic E-state index is 0.112. The number of hydrogen-bond donors (Lipinski definition) is 1. The first kappa shape index (κ1) is 18.7. The predicted molar refractivity (Wildman–Crippen MR) is 106 cm³/mol. The highest BCUT2D eigenvalue weighted by molar-refractivity contribution is 6.30. The van der Waals surface area contributed by atoms with Crippen LogP contribution < -0.4 is 5.32 Å². The molecule has 2 atom stereocenters. The van der Waals surface area contributed by atoms with Gasteiger partial charge in [0.15, 0.2) is 0 Å². The normalized spacial score (nSPS) is 20.0. The van der Waals surface area contributed by atoms with Gasteiger partial charge in [-0.3, -0.25) is 9.78 Å². The van der Waals surface area contributed by atoms with E-state index < -0.39 is 0 Å². The Kier molecular flexibility index (Phi) is 6.45. The number of carbonyl (C=O) groups is 1. The van der Waals surface area contributed by atoms with Gasteiger partial charge in [0, 0.05) is 30.4 Å². The zero-order valence-corrected chi connectivity index (χ0v) is 15.7. The third-order valence-corrected chi connectivity index (χ3v) is 5.34. The van der Waals surface area contributed by atoms with Crippen molar-refractivity contribution in [2.75, 3.05) is 0 Å². The number of benzene rings is 1. The zero-order valence-electron chi connectivity index (χ0n) is 15.0. The van der Waals surface area contributed by atoms with Gasteiger partial charge >= 0.3 is 0 Å². The van der Waals surface area contributed by atoms with E-state index in [1.807, 2.05) is 24.3 Å². The van der Waals surface area contributed by atoms with E-state index in [4.69, 9.17) is 11.6 Å². The van der Waals surface area contributed by atoms with Crippen LogP contribution in [0.15, 0.2) is 60.9 Å². The number of carbonyl (C=O) groups excluding carboxylic acids is 1. The van der Waals surface area contributed by atoms with Gasteiger partial charge < -0.3 is 5.32 Å². The Morgan fingerprint density at radius 3 is 2.62 bits per heavy atom. The molecule has 1 aromatic heterocycles. The summed E-state index contributed by atoms with van der Waals surface area (Å²) in [7, 11) is 0. The SMILES string of the molecule is C=C1CC(CCC(=O)NCc2ccncc2)CC(c2ccc(Cl)cc2)C1. The first-order valence-corrected chi connectivity index (χ1v) is 9.55. The quantitative estimate of drug-likeness (QED) is 0.705. The van der Waals surface area contributed by atoms with Crippen molar-refractivity contribution in [3.05, 3.63) is 77.1 Å². The van der Waals surface area contributed by atoms with Gasteiger partial charge in [0.1, 0.15) is 0 Å². The van der Waals surface area contributed by atoms with Crippen molar-refractivity contribution in [3.8, 4) is 0 Å². The van der Waals surface area contributed by atoms with Gasteiger partial charge in [-0.2, -0.15) is 0 Å². The average Bonchev–Trinajstić information content (AvgIpc) is 2.66. The predicted octanol–water partition coefficient (Wildman–Crippen LogP) is 5.27. The molecular weight excluding hydrogens is 344 g/mol. The fourth-order valence-corrected chi connectivity index (χ4v) is 3.87. The number of halogens is 1. The molecule has 1 amide bonds. The third-order valence-electron chi connectivity index (χ3n) is 5.09. The largest absolute Gasteiger partial charge is 0.352 e. The van der Waals surface area contributed by atoms with Gasteiger partial charge in [0.2, 0.25) is 5.91 Å². The Morgan fingerprint density at radius 2 is 1.88 bits per heavy atom. The van der Waals surface area contributed by atoms with Crippen molar-refractivity contribution >= 4 is 17.5 Å². The summed E-state index contributed by atoms with van der Waals surface area (Å²) < 4.78 is 0. The molecule has 3 rings (SSSR count). The second kappa shape index (κ2) is 9.00. The van der Waals surface area contributed by atoms with Crippen molar-refractivity contribution in [1.82, 2.24) is 10.3 Å². The minimum Gasteiger partial charge on any atom is -0.352 e. The molecule has 0 radical (unpaired) electrons. The highest BCUT2D eigenvalue weighted by atomic mass is 35.5. The summed E-state index contributed by atoms with van der Waals surface area (Å²) in [5, 5.41) is 3.76. The highest BCUT2D eigenvalue weighted by Crippen LogP contribution is 2.40. The molecule has 4 heteroatoms. The Balaban J connectivity index is 1.48. The smallest absolute Gasteiger partial charge is 0.220 e. The summed E-state index contributed by atoms with van der Waals surface area (Å²) in [6.45, 7) is 4.79. The fraction of sp³-hybridized carbons (Fsp3) is 0.364. The lowest BCUT2D eigenvalue weighted by Crippen LogP contribution is -2.24. The van der Waals surface area contributed by atoms with Crippen molar-refractivity contribution in [2.24, 2.45) is 5.92 Å². The maximum atomic E-state index is 12.2. The molecule has 2 unspecified atom stereocenters. The van der Waals surface area contributed by atoms with Gasteiger partial charge in [0.05, 0.1) is 0 Å². The number of aromatic nitrogens is 1. The lowest BCUT2D eigenvalue weighted by Gasteiger charge is -2.31. The molecule has 136 valence electrons. The molecule has 0 spiro atoms. The molecule has 0 aliphatic heterocycles. The van der Waals surface area contributed by atoms with Gasteiger partial charge in [-0.05, 0) is 72.9 Å². The van der Waals surface area contributed by atoms with Crippen molar-refractivity contribution in [2.45, 2.75) is 44.6 Å². The summed E-state index contributed by atoms with van der Waals surface area (Å²) in [6, 6.07) is 12.0. The van der Waals surface area contributed by atoms with Crippen LogP contribution in [0.4, 0.5) is 0 Å². The van der Waals surface area contributed by atoms with E-state index in [0.717, 1.165) is 36.3 Å². The van der Waals surface area contributed by atoms with E-state index in [0.29, 0.717) is 24.8 Å². The lowest BCUT2D eigenvalue weighted by molar-refractivity contribution is -0.121. The monoisotopic (exact) mass is 368 g/mol. The molecule has 1 aliphatic carbocycles. The van der Waals surface area contributed by atoms with Crippen LogP contribution in [0.5, 0.6) is 0 Å². The molecule has 3 nitrogen and oxygen atoms in total. The molecular formula is C22H25ClN2O. The van der Waals surface area contributed by atoms with Gasteiger partial charge in [-0.1, -0.05) is 35.9 Å².